The zero-order chi connectivity index (χ0) is 17.8. The predicted octanol–water partition coefficient (Wildman–Crippen LogP) is 4.77. The van der Waals surface area contributed by atoms with Crippen LogP contribution in [-0.2, 0) is 6.54 Å². The Morgan fingerprint density at radius 2 is 1.77 bits per heavy atom. The summed E-state index contributed by atoms with van der Waals surface area (Å²) < 4.78 is 18.7. The number of aryl methyl sites for hydroxylation is 1. The highest BCUT2D eigenvalue weighted by Gasteiger charge is 2.14. The summed E-state index contributed by atoms with van der Waals surface area (Å²) in [5, 5.41) is 0. The van der Waals surface area contributed by atoms with Crippen molar-refractivity contribution in [3.8, 4) is 23.1 Å². The number of hydrogen-bond donors (Lipinski definition) is 0. The van der Waals surface area contributed by atoms with Gasteiger partial charge >= 0.3 is 0 Å². The zero-order valence-corrected chi connectivity index (χ0v) is 14.6. The maximum absolute atomic E-state index is 5.83. The summed E-state index contributed by atoms with van der Waals surface area (Å²) in [5.74, 6) is 3.29. The molecule has 2 heterocycles. The van der Waals surface area contributed by atoms with Gasteiger partial charge in [0.15, 0.2) is 11.6 Å². The number of ether oxygens (including phenoxy) is 2. The van der Waals surface area contributed by atoms with Crippen LogP contribution in [0, 0.1) is 0 Å². The number of hydrogen-bond acceptors (Lipinski definition) is 4. The minimum absolute atomic E-state index is 0.621. The monoisotopic (exact) mass is 348 g/mol. The topological polar surface area (TPSA) is 49.4 Å². The molecule has 0 bridgehead atoms. The smallest absolute Gasteiger partial charge is 0.177 e. The molecule has 0 saturated carbocycles. The molecule has 2 aromatic carbocycles. The molecule has 0 saturated heterocycles. The minimum Gasteiger partial charge on any atom is -0.497 e. The Kier molecular flexibility index (Phi) is 4.60. The van der Waals surface area contributed by atoms with E-state index < -0.39 is 0 Å². The van der Waals surface area contributed by atoms with Gasteiger partial charge in [-0.25, -0.2) is 4.98 Å². The Balaban J connectivity index is 1.47. The zero-order valence-electron chi connectivity index (χ0n) is 14.6. The molecule has 132 valence electrons. The van der Waals surface area contributed by atoms with Crippen LogP contribution in [0.2, 0.25) is 0 Å². The summed E-state index contributed by atoms with van der Waals surface area (Å²) in [4.78, 5) is 4.73. The van der Waals surface area contributed by atoms with Gasteiger partial charge in [0.05, 0.1) is 31.0 Å². The Hall–Kier alpha value is -3.21. The summed E-state index contributed by atoms with van der Waals surface area (Å²) in [7, 11) is 1.65. The molecule has 4 aromatic rings. The Morgan fingerprint density at radius 1 is 0.962 bits per heavy atom. The van der Waals surface area contributed by atoms with E-state index in [0.717, 1.165) is 47.1 Å². The van der Waals surface area contributed by atoms with E-state index >= 15 is 0 Å². The maximum Gasteiger partial charge on any atom is 0.177 e. The average Bonchev–Trinajstić information content (AvgIpc) is 3.33. The fraction of sp³-hybridized carbons (Fsp3) is 0.190. The number of imidazole rings is 1. The van der Waals surface area contributed by atoms with Gasteiger partial charge in [0, 0.05) is 6.54 Å². The molecule has 2 aromatic heterocycles. The Bertz CT molecular complexity index is 972. The first kappa shape index (κ1) is 16.3. The largest absolute Gasteiger partial charge is 0.497 e. The summed E-state index contributed by atoms with van der Waals surface area (Å²) in [6.45, 7) is 1.42. The summed E-state index contributed by atoms with van der Waals surface area (Å²) in [5.41, 5.74) is 2.07. The number of methoxy groups -OCH3 is 1. The molecule has 0 radical (unpaired) electrons. The molecule has 5 nitrogen and oxygen atoms in total. The van der Waals surface area contributed by atoms with E-state index in [4.69, 9.17) is 18.9 Å². The van der Waals surface area contributed by atoms with Crippen LogP contribution in [0.5, 0.6) is 11.5 Å². The van der Waals surface area contributed by atoms with E-state index in [1.165, 1.54) is 0 Å². The van der Waals surface area contributed by atoms with Crippen LogP contribution in [0.1, 0.15) is 6.42 Å². The molecule has 0 aliphatic carbocycles. The van der Waals surface area contributed by atoms with Crippen LogP contribution in [0.3, 0.4) is 0 Å². The van der Waals surface area contributed by atoms with Crippen molar-refractivity contribution in [1.29, 1.82) is 0 Å². The standard InChI is InChI=1S/C21H20N2O3/c1-24-16-9-11-17(12-10-16)25-15-5-13-23-19-7-3-2-6-18(19)22-21(23)20-8-4-14-26-20/h2-4,6-12,14H,5,13,15H2,1H3. The predicted molar refractivity (Wildman–Crippen MR) is 101 cm³/mol. The second kappa shape index (κ2) is 7.35. The number of para-hydroxylation sites is 2. The average molecular weight is 348 g/mol. The summed E-state index contributed by atoms with van der Waals surface area (Å²) in [6.07, 6.45) is 2.53. The van der Waals surface area contributed by atoms with Crippen molar-refractivity contribution in [3.05, 3.63) is 66.9 Å². The fourth-order valence-electron chi connectivity index (χ4n) is 2.98. The van der Waals surface area contributed by atoms with E-state index in [1.807, 2.05) is 54.6 Å². The summed E-state index contributed by atoms with van der Waals surface area (Å²) in [6, 6.07) is 19.6. The molecular weight excluding hydrogens is 328 g/mol. The third kappa shape index (κ3) is 3.28. The van der Waals surface area contributed by atoms with Gasteiger partial charge in [-0.2, -0.15) is 0 Å². The van der Waals surface area contributed by atoms with Crippen molar-refractivity contribution < 1.29 is 13.9 Å². The Morgan fingerprint density at radius 3 is 2.54 bits per heavy atom. The first-order chi connectivity index (χ1) is 12.8. The number of rotatable bonds is 7. The van der Waals surface area contributed by atoms with Crippen LogP contribution < -0.4 is 9.47 Å². The van der Waals surface area contributed by atoms with E-state index in [-0.39, 0.29) is 0 Å². The van der Waals surface area contributed by atoms with Gasteiger partial charge in [0.2, 0.25) is 0 Å². The molecular formula is C21H20N2O3. The number of fused-ring (bicyclic) bond motifs is 1. The first-order valence-corrected chi connectivity index (χ1v) is 8.61. The molecule has 0 fully saturated rings. The molecule has 5 heteroatoms. The molecule has 4 rings (SSSR count). The molecule has 0 aliphatic rings. The van der Waals surface area contributed by atoms with Crippen LogP contribution in [-0.4, -0.2) is 23.3 Å². The van der Waals surface area contributed by atoms with Crippen LogP contribution in [0.25, 0.3) is 22.6 Å². The highest BCUT2D eigenvalue weighted by molar-refractivity contribution is 5.79. The molecule has 0 N–H and O–H groups in total. The van der Waals surface area contributed by atoms with Gasteiger partial charge < -0.3 is 18.5 Å². The number of aromatic nitrogens is 2. The lowest BCUT2D eigenvalue weighted by Crippen LogP contribution is -2.06. The summed E-state index contributed by atoms with van der Waals surface area (Å²) >= 11 is 0. The molecule has 0 unspecified atom stereocenters. The van der Waals surface area contributed by atoms with E-state index in [0.29, 0.717) is 6.61 Å². The quantitative estimate of drug-likeness (QED) is 0.451. The number of benzene rings is 2. The van der Waals surface area contributed by atoms with E-state index in [9.17, 15) is 0 Å². The van der Waals surface area contributed by atoms with Gasteiger partial charge in [-0.3, -0.25) is 0 Å². The van der Waals surface area contributed by atoms with Crippen LogP contribution >= 0.6 is 0 Å². The number of nitrogens with zero attached hydrogens (tertiary/aromatic N) is 2. The van der Waals surface area contributed by atoms with Crippen LogP contribution in [0.4, 0.5) is 0 Å². The maximum atomic E-state index is 5.83. The van der Waals surface area contributed by atoms with Crippen molar-refractivity contribution in [2.45, 2.75) is 13.0 Å². The van der Waals surface area contributed by atoms with Gasteiger partial charge in [-0.1, -0.05) is 12.1 Å². The normalized spacial score (nSPS) is 11.0. The van der Waals surface area contributed by atoms with Gasteiger partial charge in [0.25, 0.3) is 0 Å². The highest BCUT2D eigenvalue weighted by atomic mass is 16.5. The van der Waals surface area contributed by atoms with Crippen molar-refractivity contribution in [1.82, 2.24) is 9.55 Å². The van der Waals surface area contributed by atoms with E-state index in [2.05, 4.69) is 10.6 Å². The lowest BCUT2D eigenvalue weighted by molar-refractivity contribution is 0.302. The lowest BCUT2D eigenvalue weighted by Gasteiger charge is -2.10. The van der Waals surface area contributed by atoms with Gasteiger partial charge in [0.1, 0.15) is 11.5 Å². The highest BCUT2D eigenvalue weighted by Crippen LogP contribution is 2.25. The lowest BCUT2D eigenvalue weighted by atomic mass is 10.3. The first-order valence-electron chi connectivity index (χ1n) is 8.61. The fourth-order valence-corrected chi connectivity index (χ4v) is 2.98. The molecule has 26 heavy (non-hydrogen) atoms. The second-order valence-electron chi connectivity index (χ2n) is 5.93. The SMILES string of the molecule is COc1ccc(OCCCn2c(-c3ccco3)nc3ccccc32)cc1. The number of furan rings is 1. The van der Waals surface area contributed by atoms with Crippen molar-refractivity contribution in [2.24, 2.45) is 0 Å². The third-order valence-electron chi connectivity index (χ3n) is 4.25. The van der Waals surface area contributed by atoms with E-state index in [1.54, 1.807) is 13.4 Å². The van der Waals surface area contributed by atoms with Crippen LogP contribution in [0.15, 0.2) is 71.3 Å². The van der Waals surface area contributed by atoms with Crippen molar-refractivity contribution >= 4 is 11.0 Å². The molecule has 0 atom stereocenters. The van der Waals surface area contributed by atoms with Gasteiger partial charge in [-0.05, 0) is 55.0 Å². The van der Waals surface area contributed by atoms with Gasteiger partial charge in [-0.15, -0.1) is 0 Å². The minimum atomic E-state index is 0.621. The van der Waals surface area contributed by atoms with Crippen molar-refractivity contribution in [2.75, 3.05) is 13.7 Å². The second-order valence-corrected chi connectivity index (χ2v) is 5.93. The molecule has 0 spiro atoms. The molecule has 0 amide bonds. The molecule has 0 aliphatic heterocycles. The van der Waals surface area contributed by atoms with Crippen molar-refractivity contribution in [3.63, 3.8) is 0 Å². The third-order valence-corrected chi connectivity index (χ3v) is 4.25. The Labute approximate surface area is 151 Å².